The standard InChI is InChI=1S/C19H34N2O5/c1-8-12(9-2)16(21-24)15-11(3)13(17(22)25-7)10-14(15)20-18(23)26-19(4,5)6/h11-15,24H,8-10H2,1-7H3,(H,20,23)/b21-16-/t11-,13+,14-,15-/m1/s1. The third-order valence-electron chi connectivity index (χ3n) is 5.21. The Morgan fingerprint density at radius 2 is 1.85 bits per heavy atom. The smallest absolute Gasteiger partial charge is 0.407 e. The molecular weight excluding hydrogens is 336 g/mol. The van der Waals surface area contributed by atoms with E-state index < -0.39 is 11.7 Å². The summed E-state index contributed by atoms with van der Waals surface area (Å²) in [6, 6.07) is -0.351. The first-order valence-corrected chi connectivity index (χ1v) is 9.38. The van der Waals surface area contributed by atoms with Crippen molar-refractivity contribution in [2.24, 2.45) is 28.8 Å². The number of alkyl carbamates (subject to hydrolysis) is 1. The van der Waals surface area contributed by atoms with Crippen LogP contribution in [0.15, 0.2) is 5.16 Å². The minimum absolute atomic E-state index is 0.0896. The summed E-state index contributed by atoms with van der Waals surface area (Å²) < 4.78 is 10.3. The molecule has 0 bridgehead atoms. The number of esters is 1. The second-order valence-electron chi connectivity index (χ2n) is 8.04. The lowest BCUT2D eigenvalue weighted by Crippen LogP contribution is -2.45. The second-order valence-corrected chi connectivity index (χ2v) is 8.04. The van der Waals surface area contributed by atoms with E-state index in [2.05, 4.69) is 10.5 Å². The summed E-state index contributed by atoms with van der Waals surface area (Å²) in [5.74, 6) is -0.948. The van der Waals surface area contributed by atoms with Crippen LogP contribution in [0, 0.1) is 23.7 Å². The molecule has 0 unspecified atom stereocenters. The quantitative estimate of drug-likeness (QED) is 0.322. The number of rotatable bonds is 6. The average Bonchev–Trinajstić information content (AvgIpc) is 2.86. The maximum absolute atomic E-state index is 12.3. The number of hydrogen-bond acceptors (Lipinski definition) is 6. The summed E-state index contributed by atoms with van der Waals surface area (Å²) in [5.41, 5.74) is 0.0180. The number of oxime groups is 1. The van der Waals surface area contributed by atoms with Crippen molar-refractivity contribution >= 4 is 17.8 Å². The van der Waals surface area contributed by atoms with E-state index in [1.807, 2.05) is 20.8 Å². The lowest BCUT2D eigenvalue weighted by Gasteiger charge is -2.29. The van der Waals surface area contributed by atoms with Gasteiger partial charge < -0.3 is 20.0 Å². The predicted octanol–water partition coefficient (Wildman–Crippen LogP) is 3.59. The fraction of sp³-hybridized carbons (Fsp3) is 0.842. The molecule has 0 aliphatic heterocycles. The number of amides is 1. The lowest BCUT2D eigenvalue weighted by atomic mass is 9.80. The van der Waals surface area contributed by atoms with Crippen molar-refractivity contribution in [2.75, 3.05) is 7.11 Å². The van der Waals surface area contributed by atoms with E-state index in [1.165, 1.54) is 7.11 Å². The minimum atomic E-state index is -0.616. The van der Waals surface area contributed by atoms with Gasteiger partial charge in [0, 0.05) is 17.9 Å². The summed E-state index contributed by atoms with van der Waals surface area (Å²) in [7, 11) is 1.36. The molecule has 2 N–H and O–H groups in total. The zero-order valence-electron chi connectivity index (χ0n) is 17.0. The van der Waals surface area contributed by atoms with Crippen molar-refractivity contribution < 1.29 is 24.3 Å². The van der Waals surface area contributed by atoms with E-state index in [0.29, 0.717) is 12.1 Å². The van der Waals surface area contributed by atoms with Crippen molar-refractivity contribution in [3.63, 3.8) is 0 Å². The first-order valence-electron chi connectivity index (χ1n) is 9.38. The Kier molecular flexibility index (Phi) is 7.90. The van der Waals surface area contributed by atoms with E-state index in [0.717, 1.165) is 12.8 Å². The molecule has 26 heavy (non-hydrogen) atoms. The van der Waals surface area contributed by atoms with E-state index >= 15 is 0 Å². The summed E-state index contributed by atoms with van der Waals surface area (Å²) in [5, 5.41) is 16.2. The molecule has 7 nitrogen and oxygen atoms in total. The SMILES string of the molecule is CCC(CC)/C(=N/O)[C@@H]1[C@H](C)[C@@H](C(=O)OC)C[C@H]1NC(=O)OC(C)(C)C. The molecule has 0 spiro atoms. The third-order valence-corrected chi connectivity index (χ3v) is 5.21. The minimum Gasteiger partial charge on any atom is -0.469 e. The van der Waals surface area contributed by atoms with Crippen LogP contribution in [0.25, 0.3) is 0 Å². The summed E-state index contributed by atoms with van der Waals surface area (Å²) in [4.78, 5) is 24.5. The number of nitrogens with one attached hydrogen (secondary N) is 1. The zero-order valence-corrected chi connectivity index (χ0v) is 17.0. The molecule has 1 saturated carbocycles. The van der Waals surface area contributed by atoms with E-state index in [-0.39, 0.29) is 35.7 Å². The Hall–Kier alpha value is -1.79. The van der Waals surface area contributed by atoms with Gasteiger partial charge in [-0.15, -0.1) is 0 Å². The third kappa shape index (κ3) is 5.35. The highest BCUT2D eigenvalue weighted by molar-refractivity contribution is 5.91. The molecule has 150 valence electrons. The molecule has 1 aliphatic carbocycles. The fourth-order valence-electron chi connectivity index (χ4n) is 3.92. The average molecular weight is 370 g/mol. The summed E-state index contributed by atoms with van der Waals surface area (Å²) >= 11 is 0. The van der Waals surface area contributed by atoms with Crippen molar-refractivity contribution in [2.45, 2.75) is 72.4 Å². The van der Waals surface area contributed by atoms with Crippen LogP contribution in [0.2, 0.25) is 0 Å². The highest BCUT2D eigenvalue weighted by Gasteiger charge is 2.49. The van der Waals surface area contributed by atoms with Gasteiger partial charge in [0.25, 0.3) is 0 Å². The molecule has 1 fully saturated rings. The molecule has 1 rings (SSSR count). The summed E-state index contributed by atoms with van der Waals surface area (Å²) in [6.45, 7) is 11.4. The van der Waals surface area contributed by atoms with Gasteiger partial charge in [-0.2, -0.15) is 0 Å². The first-order chi connectivity index (χ1) is 12.1. The van der Waals surface area contributed by atoms with Crippen LogP contribution in [0.5, 0.6) is 0 Å². The Morgan fingerprint density at radius 3 is 2.27 bits per heavy atom. The van der Waals surface area contributed by atoms with Crippen molar-refractivity contribution in [3.05, 3.63) is 0 Å². The number of carbonyl (C=O) groups excluding carboxylic acids is 2. The van der Waals surface area contributed by atoms with Crippen molar-refractivity contribution in [1.82, 2.24) is 5.32 Å². The van der Waals surface area contributed by atoms with Gasteiger partial charge in [-0.1, -0.05) is 25.9 Å². The van der Waals surface area contributed by atoms with Crippen LogP contribution in [0.1, 0.15) is 60.8 Å². The molecule has 0 heterocycles. The van der Waals surface area contributed by atoms with Crippen LogP contribution < -0.4 is 5.32 Å². The van der Waals surface area contributed by atoms with Gasteiger partial charge in [-0.3, -0.25) is 4.79 Å². The molecule has 1 aliphatic rings. The molecule has 0 radical (unpaired) electrons. The van der Waals surface area contributed by atoms with Gasteiger partial charge in [0.1, 0.15) is 5.60 Å². The van der Waals surface area contributed by atoms with Crippen LogP contribution in [-0.2, 0) is 14.3 Å². The monoisotopic (exact) mass is 370 g/mol. The van der Waals surface area contributed by atoms with Gasteiger partial charge in [-0.25, -0.2) is 4.79 Å². The Labute approximate surface area is 156 Å². The van der Waals surface area contributed by atoms with Gasteiger partial charge in [0.2, 0.25) is 0 Å². The molecule has 0 aromatic carbocycles. The maximum Gasteiger partial charge on any atom is 0.407 e. The molecule has 0 aromatic rings. The zero-order chi connectivity index (χ0) is 20.1. The van der Waals surface area contributed by atoms with Crippen LogP contribution in [0.4, 0.5) is 4.79 Å². The van der Waals surface area contributed by atoms with Crippen LogP contribution >= 0.6 is 0 Å². The molecule has 1 amide bonds. The van der Waals surface area contributed by atoms with E-state index in [1.54, 1.807) is 20.8 Å². The largest absolute Gasteiger partial charge is 0.469 e. The number of carbonyl (C=O) groups is 2. The molecule has 0 aromatic heterocycles. The normalized spacial score (nSPS) is 26.7. The second kappa shape index (κ2) is 9.24. The van der Waals surface area contributed by atoms with Gasteiger partial charge in [0.15, 0.2) is 0 Å². The maximum atomic E-state index is 12.3. The molecular formula is C19H34N2O5. The Bertz CT molecular complexity index is 523. The number of nitrogens with zero attached hydrogens (tertiary/aromatic N) is 1. The number of methoxy groups -OCH3 is 1. The van der Waals surface area contributed by atoms with Crippen molar-refractivity contribution in [3.8, 4) is 0 Å². The van der Waals surface area contributed by atoms with E-state index in [9.17, 15) is 14.8 Å². The van der Waals surface area contributed by atoms with Gasteiger partial charge >= 0.3 is 12.1 Å². The first kappa shape index (κ1) is 22.3. The Morgan fingerprint density at radius 1 is 1.27 bits per heavy atom. The summed E-state index contributed by atoms with van der Waals surface area (Å²) in [6.07, 6.45) is 1.53. The molecule has 7 heteroatoms. The predicted molar refractivity (Wildman–Crippen MR) is 99.2 cm³/mol. The van der Waals surface area contributed by atoms with Gasteiger partial charge in [-0.05, 0) is 46.0 Å². The van der Waals surface area contributed by atoms with E-state index in [4.69, 9.17) is 9.47 Å². The van der Waals surface area contributed by atoms with Crippen molar-refractivity contribution in [1.29, 1.82) is 0 Å². The van der Waals surface area contributed by atoms with Crippen LogP contribution in [0.3, 0.4) is 0 Å². The Balaban J connectivity index is 3.13. The number of ether oxygens (including phenoxy) is 2. The van der Waals surface area contributed by atoms with Crippen LogP contribution in [-0.4, -0.2) is 41.7 Å². The topological polar surface area (TPSA) is 97.2 Å². The molecule has 0 saturated heterocycles. The van der Waals surface area contributed by atoms with Gasteiger partial charge in [0.05, 0.1) is 18.7 Å². The highest BCUT2D eigenvalue weighted by atomic mass is 16.6. The lowest BCUT2D eigenvalue weighted by molar-refractivity contribution is -0.146. The fourth-order valence-corrected chi connectivity index (χ4v) is 3.92. The molecule has 4 atom stereocenters. The highest BCUT2D eigenvalue weighted by Crippen LogP contribution is 2.41. The number of hydrogen-bond donors (Lipinski definition) is 2.